The maximum atomic E-state index is 10.9. The van der Waals surface area contributed by atoms with E-state index in [2.05, 4.69) is 6.58 Å². The number of aryl methyl sites for hydroxylation is 1. The highest BCUT2D eigenvalue weighted by Crippen LogP contribution is 2.20. The van der Waals surface area contributed by atoms with E-state index < -0.39 is 10.1 Å². The lowest BCUT2D eigenvalue weighted by atomic mass is 10.1. The Bertz CT molecular complexity index is 541. The topological polar surface area (TPSA) is 74.6 Å². The second-order valence-corrected chi connectivity index (χ2v) is 4.69. The molecule has 1 aromatic carbocycles. The van der Waals surface area contributed by atoms with E-state index in [1.807, 2.05) is 0 Å². The van der Waals surface area contributed by atoms with Crippen LogP contribution in [0.4, 0.5) is 0 Å². The molecule has 0 aliphatic carbocycles. The van der Waals surface area contributed by atoms with E-state index in [1.165, 1.54) is 18.2 Å². The van der Waals surface area contributed by atoms with Crippen molar-refractivity contribution in [3.8, 4) is 5.75 Å². The molecule has 1 aromatic rings. The number of rotatable bonds is 3. The van der Waals surface area contributed by atoms with Gasteiger partial charge in [0.15, 0.2) is 0 Å². The van der Waals surface area contributed by atoms with Crippen molar-refractivity contribution in [2.75, 3.05) is 0 Å². The van der Waals surface area contributed by atoms with Gasteiger partial charge >= 0.3 is 0 Å². The lowest BCUT2D eigenvalue weighted by Gasteiger charge is -2.03. The standard InChI is InChI=1S/C11H12O4S/c1-3-11(16(13,14)15)7-9-4-5-10(12)6-8(9)2/h3-7,12H,1H2,2H3,(H,13,14,15)/b11-7+. The van der Waals surface area contributed by atoms with Gasteiger partial charge in [0.2, 0.25) is 0 Å². The Kier molecular flexibility index (Phi) is 3.51. The average molecular weight is 240 g/mol. The minimum atomic E-state index is -4.26. The normalized spacial score (nSPS) is 12.5. The lowest BCUT2D eigenvalue weighted by molar-refractivity contribution is 0.475. The van der Waals surface area contributed by atoms with Crippen molar-refractivity contribution in [2.24, 2.45) is 0 Å². The quantitative estimate of drug-likeness (QED) is 0.627. The molecule has 86 valence electrons. The van der Waals surface area contributed by atoms with Crippen molar-refractivity contribution in [2.45, 2.75) is 6.92 Å². The minimum absolute atomic E-state index is 0.0988. The molecular weight excluding hydrogens is 228 g/mol. The van der Waals surface area contributed by atoms with E-state index in [1.54, 1.807) is 13.0 Å². The Morgan fingerprint density at radius 3 is 2.50 bits per heavy atom. The van der Waals surface area contributed by atoms with E-state index in [4.69, 9.17) is 4.55 Å². The van der Waals surface area contributed by atoms with Gasteiger partial charge < -0.3 is 5.11 Å². The van der Waals surface area contributed by atoms with E-state index in [-0.39, 0.29) is 10.7 Å². The number of phenolic OH excluding ortho intramolecular Hbond substituents is 1. The average Bonchev–Trinajstić information content (AvgIpc) is 2.14. The van der Waals surface area contributed by atoms with Gasteiger partial charge in [-0.15, -0.1) is 0 Å². The van der Waals surface area contributed by atoms with Gasteiger partial charge in [0.25, 0.3) is 10.1 Å². The summed E-state index contributed by atoms with van der Waals surface area (Å²) in [6.07, 6.45) is 2.35. The summed E-state index contributed by atoms with van der Waals surface area (Å²) in [5.41, 5.74) is 1.29. The molecule has 0 saturated heterocycles. The third-order valence-corrected chi connectivity index (χ3v) is 2.93. The summed E-state index contributed by atoms with van der Waals surface area (Å²) >= 11 is 0. The minimum Gasteiger partial charge on any atom is -0.508 e. The second-order valence-electron chi connectivity index (χ2n) is 3.27. The molecule has 1 rings (SSSR count). The van der Waals surface area contributed by atoms with Gasteiger partial charge in [-0.25, -0.2) is 0 Å². The van der Waals surface area contributed by atoms with Gasteiger partial charge in [0.05, 0.1) is 4.91 Å². The molecule has 2 N–H and O–H groups in total. The zero-order valence-corrected chi connectivity index (χ0v) is 9.53. The van der Waals surface area contributed by atoms with E-state index in [0.29, 0.717) is 11.1 Å². The predicted molar refractivity (Wildman–Crippen MR) is 62.6 cm³/mol. The summed E-state index contributed by atoms with van der Waals surface area (Å²) in [4.78, 5) is -0.277. The largest absolute Gasteiger partial charge is 0.508 e. The lowest BCUT2D eigenvalue weighted by Crippen LogP contribution is -1.99. The van der Waals surface area contributed by atoms with Crippen LogP contribution in [0.5, 0.6) is 5.75 Å². The van der Waals surface area contributed by atoms with Crippen LogP contribution in [0.3, 0.4) is 0 Å². The van der Waals surface area contributed by atoms with Gasteiger partial charge in [0.1, 0.15) is 5.75 Å². The molecule has 0 bridgehead atoms. The molecule has 0 amide bonds. The fourth-order valence-corrected chi connectivity index (χ4v) is 1.70. The monoisotopic (exact) mass is 240 g/mol. The molecule has 4 nitrogen and oxygen atoms in total. The number of benzene rings is 1. The van der Waals surface area contributed by atoms with Crippen LogP contribution in [0.1, 0.15) is 11.1 Å². The molecule has 0 aromatic heterocycles. The van der Waals surface area contributed by atoms with Crippen LogP contribution in [0.25, 0.3) is 6.08 Å². The number of allylic oxidation sites excluding steroid dienone is 1. The summed E-state index contributed by atoms with van der Waals surface area (Å²) in [5.74, 6) is 0.0988. The molecule has 0 atom stereocenters. The molecule has 0 fully saturated rings. The SMILES string of the molecule is C=C/C(=C\c1ccc(O)cc1C)S(=O)(=O)O. The second kappa shape index (κ2) is 4.51. The van der Waals surface area contributed by atoms with Crippen LogP contribution in [0.2, 0.25) is 0 Å². The first-order chi connectivity index (χ1) is 7.34. The summed E-state index contributed by atoms with van der Waals surface area (Å²) in [6.45, 7) is 5.03. The van der Waals surface area contributed by atoms with Crippen molar-refractivity contribution in [1.29, 1.82) is 0 Å². The Labute approximate surface area is 94.3 Å². The van der Waals surface area contributed by atoms with Crippen molar-refractivity contribution in [3.63, 3.8) is 0 Å². The first-order valence-electron chi connectivity index (χ1n) is 4.46. The Hall–Kier alpha value is -1.59. The van der Waals surface area contributed by atoms with Crippen molar-refractivity contribution < 1.29 is 18.1 Å². The first kappa shape index (κ1) is 12.5. The molecule has 16 heavy (non-hydrogen) atoms. The first-order valence-corrected chi connectivity index (χ1v) is 5.90. The molecule has 0 unspecified atom stereocenters. The van der Waals surface area contributed by atoms with Gasteiger partial charge in [-0.2, -0.15) is 8.42 Å². The zero-order valence-electron chi connectivity index (χ0n) is 8.71. The van der Waals surface area contributed by atoms with Crippen molar-refractivity contribution in [3.05, 3.63) is 46.9 Å². The fourth-order valence-electron chi connectivity index (χ4n) is 1.21. The highest BCUT2D eigenvalue weighted by Gasteiger charge is 2.10. The van der Waals surface area contributed by atoms with E-state index in [0.717, 1.165) is 6.08 Å². The van der Waals surface area contributed by atoms with Gasteiger partial charge in [-0.1, -0.05) is 12.6 Å². The van der Waals surface area contributed by atoms with Crippen LogP contribution in [-0.4, -0.2) is 18.1 Å². The third-order valence-electron chi connectivity index (χ3n) is 2.05. The van der Waals surface area contributed by atoms with Crippen molar-refractivity contribution in [1.82, 2.24) is 0 Å². The zero-order chi connectivity index (χ0) is 12.3. The maximum absolute atomic E-state index is 10.9. The molecule has 0 heterocycles. The molecule has 0 aliphatic rings. The highest BCUT2D eigenvalue weighted by molar-refractivity contribution is 7.90. The smallest absolute Gasteiger partial charge is 0.294 e. The molecule has 0 radical (unpaired) electrons. The molecular formula is C11H12O4S. The number of hydrogen-bond donors (Lipinski definition) is 2. The molecule has 0 spiro atoms. The number of hydrogen-bond acceptors (Lipinski definition) is 3. The summed E-state index contributed by atoms with van der Waals surface area (Å²) in [6, 6.07) is 4.49. The van der Waals surface area contributed by atoms with Gasteiger partial charge in [-0.05, 0) is 42.3 Å². The van der Waals surface area contributed by atoms with Crippen LogP contribution in [0.15, 0.2) is 35.8 Å². The van der Waals surface area contributed by atoms with E-state index >= 15 is 0 Å². The van der Waals surface area contributed by atoms with Crippen LogP contribution in [0, 0.1) is 6.92 Å². The van der Waals surface area contributed by atoms with Crippen LogP contribution < -0.4 is 0 Å². The number of phenols is 1. The van der Waals surface area contributed by atoms with Gasteiger partial charge in [0, 0.05) is 0 Å². The molecule has 0 saturated carbocycles. The summed E-state index contributed by atoms with van der Waals surface area (Å²) < 4.78 is 30.7. The fraction of sp³-hybridized carbons (Fsp3) is 0.0909. The molecule has 5 heteroatoms. The maximum Gasteiger partial charge on any atom is 0.294 e. The third kappa shape index (κ3) is 2.95. The Balaban J connectivity index is 3.30. The molecule has 0 aliphatic heterocycles. The van der Waals surface area contributed by atoms with Gasteiger partial charge in [-0.3, -0.25) is 4.55 Å². The highest BCUT2D eigenvalue weighted by atomic mass is 32.2. The predicted octanol–water partition coefficient (Wildman–Crippen LogP) is 2.12. The Morgan fingerprint density at radius 2 is 2.06 bits per heavy atom. The summed E-state index contributed by atoms with van der Waals surface area (Å²) in [7, 11) is -4.26. The van der Waals surface area contributed by atoms with Crippen molar-refractivity contribution >= 4 is 16.2 Å². The van der Waals surface area contributed by atoms with Crippen LogP contribution in [-0.2, 0) is 10.1 Å². The Morgan fingerprint density at radius 1 is 1.44 bits per heavy atom. The van der Waals surface area contributed by atoms with E-state index in [9.17, 15) is 13.5 Å². The summed E-state index contributed by atoms with van der Waals surface area (Å²) in [5, 5.41) is 9.18. The number of aromatic hydroxyl groups is 1. The van der Waals surface area contributed by atoms with Crippen LogP contribution >= 0.6 is 0 Å².